The zero-order valence-electron chi connectivity index (χ0n) is 23.9. The molecule has 5 rings (SSSR count). The number of thioether (sulfide) groups is 1. The molecule has 1 atom stereocenters. The number of rotatable bonds is 6. The van der Waals surface area contributed by atoms with Gasteiger partial charge in [-0.25, -0.2) is 9.78 Å². The number of benzene rings is 3. The van der Waals surface area contributed by atoms with Crippen molar-refractivity contribution >= 4 is 45.4 Å². The summed E-state index contributed by atoms with van der Waals surface area (Å²) in [7, 11) is 0. The van der Waals surface area contributed by atoms with Gasteiger partial charge in [-0.2, -0.15) is 0 Å². The van der Waals surface area contributed by atoms with Crippen LogP contribution in [0.2, 0.25) is 0 Å². The lowest BCUT2D eigenvalue weighted by molar-refractivity contribution is -0.131. The number of nitrogens with zero attached hydrogens (tertiary/aromatic N) is 3. The number of carbonyl (C=O) groups is 2. The number of hydrogen-bond donors (Lipinski definition) is 1. The molecule has 1 aromatic heterocycles. The molecular formula is C32H36N4O4S. The van der Waals surface area contributed by atoms with Crippen LogP contribution >= 0.6 is 11.8 Å². The molecule has 1 unspecified atom stereocenters. The molecule has 0 aliphatic carbocycles. The highest BCUT2D eigenvalue weighted by Crippen LogP contribution is 2.37. The second-order valence-corrected chi connectivity index (χ2v) is 12.4. The van der Waals surface area contributed by atoms with E-state index in [-0.39, 0.29) is 17.5 Å². The summed E-state index contributed by atoms with van der Waals surface area (Å²) in [6.07, 6.45) is 0.837. The number of likely N-dealkylation sites (tertiary alicyclic amines) is 1. The van der Waals surface area contributed by atoms with Crippen molar-refractivity contribution < 1.29 is 14.3 Å². The molecule has 2 amide bonds. The quantitative estimate of drug-likeness (QED) is 0.175. The van der Waals surface area contributed by atoms with Crippen molar-refractivity contribution in [2.45, 2.75) is 69.1 Å². The van der Waals surface area contributed by atoms with E-state index in [2.05, 4.69) is 5.32 Å². The summed E-state index contributed by atoms with van der Waals surface area (Å²) < 4.78 is 7.05. The fourth-order valence-corrected chi connectivity index (χ4v) is 6.38. The van der Waals surface area contributed by atoms with E-state index in [4.69, 9.17) is 9.72 Å². The number of hydrogen-bond acceptors (Lipinski definition) is 6. The summed E-state index contributed by atoms with van der Waals surface area (Å²) in [4.78, 5) is 46.6. The first kappa shape index (κ1) is 28.7. The van der Waals surface area contributed by atoms with E-state index in [1.54, 1.807) is 4.57 Å². The van der Waals surface area contributed by atoms with E-state index in [1.165, 1.54) is 11.8 Å². The van der Waals surface area contributed by atoms with E-state index in [9.17, 15) is 14.4 Å². The van der Waals surface area contributed by atoms with Crippen LogP contribution in [0, 0.1) is 0 Å². The lowest BCUT2D eigenvalue weighted by Crippen LogP contribution is -2.48. The average molecular weight is 573 g/mol. The van der Waals surface area contributed by atoms with Gasteiger partial charge in [-0.15, -0.1) is 0 Å². The minimum absolute atomic E-state index is 0.0348. The highest BCUT2D eigenvalue weighted by molar-refractivity contribution is 8.00. The van der Waals surface area contributed by atoms with Crippen LogP contribution in [0.4, 0.5) is 4.79 Å². The van der Waals surface area contributed by atoms with E-state index in [0.29, 0.717) is 48.5 Å². The van der Waals surface area contributed by atoms with Crippen molar-refractivity contribution in [1.29, 1.82) is 0 Å². The molecule has 41 heavy (non-hydrogen) atoms. The molecule has 1 aliphatic heterocycles. The van der Waals surface area contributed by atoms with Crippen molar-refractivity contribution in [3.63, 3.8) is 0 Å². The lowest BCUT2D eigenvalue weighted by Gasteiger charge is -2.34. The first-order valence-corrected chi connectivity index (χ1v) is 14.9. The van der Waals surface area contributed by atoms with Gasteiger partial charge in [0, 0.05) is 25.7 Å². The van der Waals surface area contributed by atoms with Crippen molar-refractivity contribution in [3.8, 4) is 0 Å². The predicted octanol–water partition coefficient (Wildman–Crippen LogP) is 5.92. The van der Waals surface area contributed by atoms with Crippen LogP contribution in [0.25, 0.3) is 21.7 Å². The molecule has 8 nitrogen and oxygen atoms in total. The topological polar surface area (TPSA) is 93.5 Å². The lowest BCUT2D eigenvalue weighted by atomic mass is 10.0. The van der Waals surface area contributed by atoms with Gasteiger partial charge < -0.3 is 15.0 Å². The Bertz CT molecular complexity index is 1620. The molecular weight excluding hydrogens is 536 g/mol. The van der Waals surface area contributed by atoms with Crippen molar-refractivity contribution in [1.82, 2.24) is 19.8 Å². The first-order chi connectivity index (χ1) is 19.6. The van der Waals surface area contributed by atoms with Crippen LogP contribution in [0.3, 0.4) is 0 Å². The van der Waals surface area contributed by atoms with Crippen LogP contribution in [0.15, 0.2) is 76.7 Å². The number of nitrogens with one attached hydrogen (secondary N) is 1. The highest BCUT2D eigenvalue weighted by Gasteiger charge is 2.32. The van der Waals surface area contributed by atoms with Gasteiger partial charge >= 0.3 is 6.09 Å². The average Bonchev–Trinajstić information content (AvgIpc) is 2.95. The Morgan fingerprint density at radius 1 is 1.02 bits per heavy atom. The number of ether oxygens (including phenoxy) is 1. The highest BCUT2D eigenvalue weighted by atomic mass is 32.2. The molecule has 1 N–H and O–H groups in total. The van der Waals surface area contributed by atoms with Gasteiger partial charge in [-0.1, -0.05) is 66.4 Å². The maximum Gasteiger partial charge on any atom is 0.407 e. The minimum Gasteiger partial charge on any atom is -0.444 e. The zero-order valence-corrected chi connectivity index (χ0v) is 24.7. The Morgan fingerprint density at radius 2 is 1.66 bits per heavy atom. The van der Waals surface area contributed by atoms with Gasteiger partial charge in [0.15, 0.2) is 5.16 Å². The number of aromatic nitrogens is 2. The zero-order chi connectivity index (χ0) is 29.1. The van der Waals surface area contributed by atoms with Gasteiger partial charge in [-0.05, 0) is 69.0 Å². The minimum atomic E-state index is -0.575. The number of fused-ring (bicyclic) bond motifs is 2. The molecule has 0 spiro atoms. The fraction of sp³-hybridized carbons (Fsp3) is 0.375. The molecule has 214 valence electrons. The third-order valence-electron chi connectivity index (χ3n) is 7.18. The molecule has 0 radical (unpaired) electrons. The molecule has 1 fully saturated rings. The Balaban J connectivity index is 1.41. The summed E-state index contributed by atoms with van der Waals surface area (Å²) in [6.45, 7) is 8.89. The van der Waals surface area contributed by atoms with E-state index < -0.39 is 16.9 Å². The van der Waals surface area contributed by atoms with Crippen LogP contribution in [-0.2, 0) is 16.1 Å². The summed E-state index contributed by atoms with van der Waals surface area (Å²) in [5.74, 6) is -0.0348. The van der Waals surface area contributed by atoms with Crippen LogP contribution in [-0.4, -0.2) is 51.2 Å². The van der Waals surface area contributed by atoms with Crippen molar-refractivity contribution in [2.75, 3.05) is 13.1 Å². The predicted molar refractivity (Wildman–Crippen MR) is 163 cm³/mol. The van der Waals surface area contributed by atoms with E-state index >= 15 is 0 Å². The Kier molecular flexibility index (Phi) is 8.35. The van der Waals surface area contributed by atoms with Crippen LogP contribution < -0.4 is 10.9 Å². The molecule has 0 saturated carbocycles. The monoisotopic (exact) mass is 572 g/mol. The van der Waals surface area contributed by atoms with Gasteiger partial charge in [0.05, 0.1) is 10.9 Å². The number of carbonyl (C=O) groups excluding carboxylic acids is 2. The van der Waals surface area contributed by atoms with Crippen LogP contribution in [0.1, 0.15) is 51.3 Å². The number of alkyl carbamates (subject to hydrolysis) is 1. The Morgan fingerprint density at radius 3 is 2.29 bits per heavy atom. The molecule has 4 aromatic rings. The second-order valence-electron chi connectivity index (χ2n) is 11.3. The maximum atomic E-state index is 14.0. The largest absolute Gasteiger partial charge is 0.444 e. The van der Waals surface area contributed by atoms with E-state index in [0.717, 1.165) is 16.3 Å². The van der Waals surface area contributed by atoms with Gasteiger partial charge in [0.1, 0.15) is 10.9 Å². The smallest absolute Gasteiger partial charge is 0.407 e. The van der Waals surface area contributed by atoms with Crippen molar-refractivity contribution in [3.05, 3.63) is 82.6 Å². The summed E-state index contributed by atoms with van der Waals surface area (Å²) >= 11 is 1.32. The Labute approximate surface area is 244 Å². The summed E-state index contributed by atoms with van der Waals surface area (Å²) in [5.41, 5.74) is 0.796. The summed E-state index contributed by atoms with van der Waals surface area (Å²) in [6, 6.07) is 21.3. The third-order valence-corrected chi connectivity index (χ3v) is 8.41. The first-order valence-electron chi connectivity index (χ1n) is 14.1. The second kappa shape index (κ2) is 11.9. The standard InChI is InChI=1S/C32H36N4O4S/c1-5-36-28(37)25-19-22-13-9-10-14-23(22)20-26(25)34-30(36)41-27(21-11-7-6-8-12-21)29(38)35-17-15-24(16-18-35)33-31(39)40-32(2,3)4/h6-14,19-20,24,27H,5,15-18H2,1-4H3,(H,33,39). The molecule has 1 saturated heterocycles. The molecule has 0 bridgehead atoms. The molecule has 9 heteroatoms. The maximum absolute atomic E-state index is 14.0. The molecule has 3 aromatic carbocycles. The van der Waals surface area contributed by atoms with Crippen LogP contribution in [0.5, 0.6) is 0 Å². The molecule has 2 heterocycles. The molecule has 1 aliphatic rings. The van der Waals surface area contributed by atoms with E-state index in [1.807, 2.05) is 99.3 Å². The summed E-state index contributed by atoms with van der Waals surface area (Å²) in [5, 5.41) is 5.44. The van der Waals surface area contributed by atoms with Gasteiger partial charge in [-0.3, -0.25) is 14.2 Å². The van der Waals surface area contributed by atoms with Gasteiger partial charge in [0.25, 0.3) is 5.56 Å². The SMILES string of the molecule is CCn1c(SC(C(=O)N2CCC(NC(=O)OC(C)(C)C)CC2)c2ccccc2)nc2cc3ccccc3cc2c1=O. The normalized spacial score (nSPS) is 15.2. The number of amides is 2. The van der Waals surface area contributed by atoms with Crippen molar-refractivity contribution in [2.24, 2.45) is 0 Å². The Hall–Kier alpha value is -3.85. The third kappa shape index (κ3) is 6.56. The number of piperidine rings is 1. The fourth-order valence-electron chi connectivity index (χ4n) is 5.14. The van der Waals surface area contributed by atoms with Gasteiger partial charge in [0.2, 0.25) is 5.91 Å².